The molecule has 3 aromatic rings. The Morgan fingerprint density at radius 3 is 2.72 bits per heavy atom. The average Bonchev–Trinajstić information content (AvgIpc) is 3.07. The van der Waals surface area contributed by atoms with E-state index >= 15 is 0 Å². The smallest absolute Gasteiger partial charge is 0.108 e. The van der Waals surface area contributed by atoms with Crippen molar-refractivity contribution in [2.75, 3.05) is 6.54 Å². The van der Waals surface area contributed by atoms with Gasteiger partial charge in [0.1, 0.15) is 5.82 Å². The van der Waals surface area contributed by atoms with Crippen LogP contribution in [0.25, 0.3) is 11.0 Å². The number of benzene rings is 1. The van der Waals surface area contributed by atoms with Crippen molar-refractivity contribution in [1.29, 1.82) is 0 Å². The van der Waals surface area contributed by atoms with Gasteiger partial charge in [-0.2, -0.15) is 0 Å². The molecule has 0 amide bonds. The van der Waals surface area contributed by atoms with Crippen molar-refractivity contribution in [3.8, 4) is 0 Å². The molecular formula is C20H27N5. The summed E-state index contributed by atoms with van der Waals surface area (Å²) in [5.74, 6) is 1.02. The van der Waals surface area contributed by atoms with Gasteiger partial charge in [-0.3, -0.25) is 4.98 Å². The van der Waals surface area contributed by atoms with Gasteiger partial charge in [-0.1, -0.05) is 25.1 Å². The molecule has 0 aliphatic heterocycles. The summed E-state index contributed by atoms with van der Waals surface area (Å²) in [6.45, 7) is 2.90. The maximum Gasteiger partial charge on any atom is 0.108 e. The number of pyridine rings is 1. The molecule has 0 fully saturated rings. The second-order valence-electron chi connectivity index (χ2n) is 6.41. The van der Waals surface area contributed by atoms with Crippen LogP contribution in [0.1, 0.15) is 43.7 Å². The lowest BCUT2D eigenvalue weighted by Crippen LogP contribution is -2.35. The molecule has 0 spiro atoms. The summed E-state index contributed by atoms with van der Waals surface area (Å²) in [6, 6.07) is 14.8. The minimum atomic E-state index is 0.244. The molecule has 5 heteroatoms. The highest BCUT2D eigenvalue weighted by atomic mass is 15.0. The summed E-state index contributed by atoms with van der Waals surface area (Å²) in [7, 11) is 0. The van der Waals surface area contributed by atoms with Crippen LogP contribution < -0.4 is 11.1 Å². The molecule has 2 unspecified atom stereocenters. The number of H-pyrrole nitrogens is 1. The van der Waals surface area contributed by atoms with E-state index in [4.69, 9.17) is 10.7 Å². The van der Waals surface area contributed by atoms with Crippen LogP contribution in [0.4, 0.5) is 0 Å². The highest BCUT2D eigenvalue weighted by Gasteiger charge is 2.18. The Balaban J connectivity index is 1.74. The molecule has 5 nitrogen and oxygen atoms in total. The normalized spacial score (nSPS) is 13.8. The molecule has 3 rings (SSSR count). The summed E-state index contributed by atoms with van der Waals surface area (Å²) in [5.41, 5.74) is 8.94. The predicted molar refractivity (Wildman–Crippen MR) is 102 cm³/mol. The molecule has 2 aromatic heterocycles. The van der Waals surface area contributed by atoms with Crippen LogP contribution in [0.3, 0.4) is 0 Å². The zero-order valence-electron chi connectivity index (χ0n) is 14.8. The van der Waals surface area contributed by atoms with E-state index < -0.39 is 0 Å². The predicted octanol–water partition coefficient (Wildman–Crippen LogP) is 3.35. The van der Waals surface area contributed by atoms with Crippen LogP contribution in [0, 0.1) is 0 Å². The molecule has 132 valence electrons. The molecule has 2 heterocycles. The Morgan fingerprint density at radius 1 is 1.16 bits per heavy atom. The van der Waals surface area contributed by atoms with Crippen molar-refractivity contribution in [1.82, 2.24) is 20.3 Å². The molecule has 1 aromatic carbocycles. The molecule has 4 N–H and O–H groups in total. The first kappa shape index (κ1) is 17.6. The number of aromatic amines is 1. The lowest BCUT2D eigenvalue weighted by Gasteiger charge is -2.24. The largest absolute Gasteiger partial charge is 0.342 e. The second kappa shape index (κ2) is 8.74. The molecule has 0 saturated heterocycles. The van der Waals surface area contributed by atoms with E-state index in [9.17, 15) is 0 Å². The fourth-order valence-corrected chi connectivity index (χ4v) is 3.22. The van der Waals surface area contributed by atoms with Crippen molar-refractivity contribution in [2.45, 2.75) is 44.7 Å². The standard InChI is InChI=1S/C20H27N5/c1-2-16(17-9-5-6-13-22-17)23-15(8-7-12-21)14-20-24-18-10-3-4-11-19(18)25-20/h3-6,9-11,13,15-16,23H,2,7-8,12,14,21H2,1H3,(H,24,25). The number of nitrogens with zero attached hydrogens (tertiary/aromatic N) is 2. The van der Waals surface area contributed by atoms with Gasteiger partial charge in [0, 0.05) is 24.7 Å². The van der Waals surface area contributed by atoms with Crippen LogP contribution in [-0.2, 0) is 6.42 Å². The van der Waals surface area contributed by atoms with Gasteiger partial charge < -0.3 is 16.0 Å². The number of hydrogen-bond acceptors (Lipinski definition) is 4. The van der Waals surface area contributed by atoms with Crippen molar-refractivity contribution in [2.24, 2.45) is 5.73 Å². The Hall–Kier alpha value is -2.24. The molecule has 0 bridgehead atoms. The number of nitrogens with two attached hydrogens (primary N) is 1. The Kier molecular flexibility index (Phi) is 6.14. The van der Waals surface area contributed by atoms with E-state index in [1.807, 2.05) is 36.5 Å². The number of para-hydroxylation sites is 2. The quantitative estimate of drug-likeness (QED) is 0.559. The summed E-state index contributed by atoms with van der Waals surface area (Å²) >= 11 is 0. The summed E-state index contributed by atoms with van der Waals surface area (Å²) in [6.07, 6.45) is 5.73. The SMILES string of the molecule is CCC(NC(CCCN)Cc1nc2ccccc2[nH]1)c1ccccn1. The van der Waals surface area contributed by atoms with Crippen molar-refractivity contribution < 1.29 is 0 Å². The maximum absolute atomic E-state index is 5.74. The van der Waals surface area contributed by atoms with Gasteiger partial charge >= 0.3 is 0 Å². The lowest BCUT2D eigenvalue weighted by atomic mass is 10.0. The molecule has 0 aliphatic carbocycles. The van der Waals surface area contributed by atoms with Gasteiger partial charge in [-0.05, 0) is 50.1 Å². The van der Waals surface area contributed by atoms with Gasteiger partial charge in [-0.15, -0.1) is 0 Å². The van der Waals surface area contributed by atoms with Crippen LogP contribution in [0.15, 0.2) is 48.7 Å². The summed E-state index contributed by atoms with van der Waals surface area (Å²) in [4.78, 5) is 12.7. The van der Waals surface area contributed by atoms with Crippen LogP contribution in [0.5, 0.6) is 0 Å². The first-order valence-electron chi connectivity index (χ1n) is 9.10. The third-order valence-corrected chi connectivity index (χ3v) is 4.52. The molecule has 0 saturated carbocycles. The molecule has 0 radical (unpaired) electrons. The van der Waals surface area contributed by atoms with Crippen molar-refractivity contribution in [3.05, 3.63) is 60.2 Å². The monoisotopic (exact) mass is 337 g/mol. The van der Waals surface area contributed by atoms with Gasteiger partial charge in [0.2, 0.25) is 0 Å². The summed E-state index contributed by atoms with van der Waals surface area (Å²) in [5, 5.41) is 3.77. The number of fused-ring (bicyclic) bond motifs is 1. The fraction of sp³-hybridized carbons (Fsp3) is 0.400. The Morgan fingerprint density at radius 2 is 2.00 bits per heavy atom. The van der Waals surface area contributed by atoms with Crippen LogP contribution in [0.2, 0.25) is 0 Å². The van der Waals surface area contributed by atoms with E-state index in [1.54, 1.807) is 0 Å². The third-order valence-electron chi connectivity index (χ3n) is 4.52. The van der Waals surface area contributed by atoms with Gasteiger partial charge in [0.05, 0.1) is 16.7 Å². The van der Waals surface area contributed by atoms with E-state index in [0.717, 1.165) is 48.2 Å². The van der Waals surface area contributed by atoms with Gasteiger partial charge in [0.25, 0.3) is 0 Å². The fourth-order valence-electron chi connectivity index (χ4n) is 3.22. The first-order valence-corrected chi connectivity index (χ1v) is 9.10. The minimum Gasteiger partial charge on any atom is -0.342 e. The Bertz CT molecular complexity index is 735. The lowest BCUT2D eigenvalue weighted by molar-refractivity contribution is 0.389. The first-order chi connectivity index (χ1) is 12.3. The van der Waals surface area contributed by atoms with E-state index in [0.29, 0.717) is 12.6 Å². The average molecular weight is 337 g/mol. The third kappa shape index (κ3) is 4.65. The topological polar surface area (TPSA) is 79.6 Å². The number of hydrogen-bond donors (Lipinski definition) is 3. The number of rotatable bonds is 9. The van der Waals surface area contributed by atoms with Gasteiger partial charge in [0.15, 0.2) is 0 Å². The van der Waals surface area contributed by atoms with Gasteiger partial charge in [-0.25, -0.2) is 4.98 Å². The summed E-state index contributed by atoms with van der Waals surface area (Å²) < 4.78 is 0. The molecule has 2 atom stereocenters. The molecule has 0 aliphatic rings. The number of imidazole rings is 1. The van der Waals surface area contributed by atoms with E-state index in [2.05, 4.69) is 34.3 Å². The minimum absolute atomic E-state index is 0.244. The van der Waals surface area contributed by atoms with Crippen molar-refractivity contribution in [3.63, 3.8) is 0 Å². The highest BCUT2D eigenvalue weighted by molar-refractivity contribution is 5.74. The zero-order valence-corrected chi connectivity index (χ0v) is 14.8. The van der Waals surface area contributed by atoms with Crippen LogP contribution in [-0.4, -0.2) is 27.5 Å². The van der Waals surface area contributed by atoms with Crippen molar-refractivity contribution >= 4 is 11.0 Å². The zero-order chi connectivity index (χ0) is 17.5. The second-order valence-corrected chi connectivity index (χ2v) is 6.41. The Labute approximate surface area is 149 Å². The highest BCUT2D eigenvalue weighted by Crippen LogP contribution is 2.18. The number of aromatic nitrogens is 3. The maximum atomic E-state index is 5.74. The van der Waals surface area contributed by atoms with E-state index in [-0.39, 0.29) is 6.04 Å². The molecular weight excluding hydrogens is 310 g/mol. The van der Waals surface area contributed by atoms with E-state index in [1.165, 1.54) is 0 Å². The molecule has 25 heavy (non-hydrogen) atoms. The van der Waals surface area contributed by atoms with Crippen LogP contribution >= 0.6 is 0 Å². The number of nitrogens with one attached hydrogen (secondary N) is 2.